The first-order chi connectivity index (χ1) is 10.1. The van der Waals surface area contributed by atoms with Gasteiger partial charge in [0.15, 0.2) is 0 Å². The fourth-order valence-electron chi connectivity index (χ4n) is 2.07. The van der Waals surface area contributed by atoms with Crippen LogP contribution in [0.3, 0.4) is 0 Å². The largest absolute Gasteiger partial charge is 0.383 e. The summed E-state index contributed by atoms with van der Waals surface area (Å²) in [6.45, 7) is 6.07. The normalized spacial score (nSPS) is 12.0. The molecule has 1 aromatic carbocycles. The summed E-state index contributed by atoms with van der Waals surface area (Å²) in [6.07, 6.45) is 1.65. The van der Waals surface area contributed by atoms with E-state index in [-0.39, 0.29) is 11.9 Å². The Balaban J connectivity index is 2.06. The highest BCUT2D eigenvalue weighted by atomic mass is 16.1. The van der Waals surface area contributed by atoms with Crippen molar-refractivity contribution in [2.24, 2.45) is 0 Å². The number of amides is 1. The van der Waals surface area contributed by atoms with Gasteiger partial charge in [-0.15, -0.1) is 0 Å². The molecule has 21 heavy (non-hydrogen) atoms. The minimum Gasteiger partial charge on any atom is -0.383 e. The lowest BCUT2D eigenvalue weighted by Gasteiger charge is -2.15. The van der Waals surface area contributed by atoms with Crippen LogP contribution < -0.4 is 10.6 Å². The van der Waals surface area contributed by atoms with E-state index < -0.39 is 0 Å². The molecule has 0 bridgehead atoms. The highest BCUT2D eigenvalue weighted by molar-refractivity contribution is 5.93. The van der Waals surface area contributed by atoms with Crippen LogP contribution >= 0.6 is 0 Å². The average molecular weight is 283 g/mol. The van der Waals surface area contributed by atoms with E-state index in [0.29, 0.717) is 11.7 Å². The maximum Gasteiger partial charge on any atom is 0.270 e. The molecule has 0 spiro atoms. The van der Waals surface area contributed by atoms with Crippen molar-refractivity contribution in [1.29, 1.82) is 0 Å². The van der Waals surface area contributed by atoms with Gasteiger partial charge >= 0.3 is 0 Å². The molecule has 0 aliphatic heterocycles. The summed E-state index contributed by atoms with van der Waals surface area (Å²) < 4.78 is 0. The molecule has 0 saturated carbocycles. The second-order valence-electron chi connectivity index (χ2n) is 5.33. The molecule has 0 saturated heterocycles. The van der Waals surface area contributed by atoms with Crippen LogP contribution in [0.2, 0.25) is 0 Å². The summed E-state index contributed by atoms with van der Waals surface area (Å²) in [6, 6.07) is 13.8. The van der Waals surface area contributed by atoms with Crippen molar-refractivity contribution in [3.63, 3.8) is 0 Å². The van der Waals surface area contributed by atoms with Crippen molar-refractivity contribution in [1.82, 2.24) is 10.3 Å². The Kier molecular flexibility index (Phi) is 4.93. The van der Waals surface area contributed by atoms with Gasteiger partial charge in [-0.05, 0) is 38.5 Å². The third-order valence-corrected chi connectivity index (χ3v) is 3.10. The molecule has 4 heteroatoms. The summed E-state index contributed by atoms with van der Waals surface area (Å²) in [5.74, 6) is -0.168. The van der Waals surface area contributed by atoms with Crippen LogP contribution in [0.5, 0.6) is 0 Å². The van der Waals surface area contributed by atoms with Gasteiger partial charge in [0.1, 0.15) is 5.69 Å². The number of rotatable bonds is 5. The molecule has 110 valence electrons. The predicted molar refractivity (Wildman–Crippen MR) is 85.3 cm³/mol. The van der Waals surface area contributed by atoms with Gasteiger partial charge in [-0.2, -0.15) is 0 Å². The minimum atomic E-state index is -0.168. The van der Waals surface area contributed by atoms with Crippen molar-refractivity contribution in [2.75, 3.05) is 5.32 Å². The molecule has 4 nitrogen and oxygen atoms in total. The quantitative estimate of drug-likeness (QED) is 0.884. The number of nitrogens with zero attached hydrogens (tertiary/aromatic N) is 1. The molecule has 2 aromatic rings. The molecule has 0 aliphatic carbocycles. The minimum absolute atomic E-state index is 0.0535. The topological polar surface area (TPSA) is 54.0 Å². The van der Waals surface area contributed by atoms with Crippen molar-refractivity contribution in [2.45, 2.75) is 32.9 Å². The molecule has 2 rings (SSSR count). The van der Waals surface area contributed by atoms with Gasteiger partial charge in [-0.25, -0.2) is 0 Å². The van der Waals surface area contributed by atoms with Gasteiger partial charge in [-0.3, -0.25) is 9.78 Å². The number of aromatic nitrogens is 1. The van der Waals surface area contributed by atoms with Crippen molar-refractivity contribution >= 4 is 11.6 Å². The van der Waals surface area contributed by atoms with Gasteiger partial charge in [-0.1, -0.05) is 30.3 Å². The van der Waals surface area contributed by atoms with Crippen LogP contribution in [0.1, 0.15) is 42.9 Å². The van der Waals surface area contributed by atoms with Crippen LogP contribution in [-0.2, 0) is 0 Å². The second-order valence-corrected chi connectivity index (χ2v) is 5.33. The first kappa shape index (κ1) is 15.0. The molecule has 0 aliphatic rings. The number of anilines is 1. The SMILES string of the molecule is CC(C)Nc1ccnc(C(=O)NC(C)c2ccccc2)c1. The van der Waals surface area contributed by atoms with Crippen molar-refractivity contribution in [3.05, 3.63) is 59.9 Å². The molecule has 1 amide bonds. The number of carbonyl (C=O) groups excluding carboxylic acids is 1. The number of carbonyl (C=O) groups is 1. The number of nitrogens with one attached hydrogen (secondary N) is 2. The number of hydrogen-bond acceptors (Lipinski definition) is 3. The van der Waals surface area contributed by atoms with E-state index in [1.54, 1.807) is 12.3 Å². The first-order valence-electron chi connectivity index (χ1n) is 7.14. The van der Waals surface area contributed by atoms with E-state index in [0.717, 1.165) is 11.3 Å². The van der Waals surface area contributed by atoms with Crippen LogP contribution in [0.4, 0.5) is 5.69 Å². The summed E-state index contributed by atoms with van der Waals surface area (Å²) in [7, 11) is 0. The van der Waals surface area contributed by atoms with E-state index >= 15 is 0 Å². The monoisotopic (exact) mass is 283 g/mol. The Morgan fingerprint density at radius 2 is 1.81 bits per heavy atom. The van der Waals surface area contributed by atoms with Gasteiger partial charge in [0.25, 0.3) is 5.91 Å². The number of benzene rings is 1. The van der Waals surface area contributed by atoms with Crippen LogP contribution in [0, 0.1) is 0 Å². The molecule has 0 radical (unpaired) electrons. The number of hydrogen-bond donors (Lipinski definition) is 2. The van der Waals surface area contributed by atoms with Crippen molar-refractivity contribution in [3.8, 4) is 0 Å². The van der Waals surface area contributed by atoms with Gasteiger partial charge in [0.05, 0.1) is 6.04 Å². The maximum atomic E-state index is 12.3. The highest BCUT2D eigenvalue weighted by Gasteiger charge is 2.12. The molecule has 1 aromatic heterocycles. The third kappa shape index (κ3) is 4.31. The summed E-state index contributed by atoms with van der Waals surface area (Å²) in [4.78, 5) is 16.4. The average Bonchev–Trinajstić information content (AvgIpc) is 2.47. The van der Waals surface area contributed by atoms with E-state index in [9.17, 15) is 4.79 Å². The first-order valence-corrected chi connectivity index (χ1v) is 7.14. The zero-order valence-corrected chi connectivity index (χ0v) is 12.6. The molecule has 2 N–H and O–H groups in total. The lowest BCUT2D eigenvalue weighted by Crippen LogP contribution is -2.27. The van der Waals surface area contributed by atoms with E-state index in [1.807, 2.05) is 43.3 Å². The smallest absolute Gasteiger partial charge is 0.270 e. The lowest BCUT2D eigenvalue weighted by molar-refractivity contribution is 0.0935. The highest BCUT2D eigenvalue weighted by Crippen LogP contribution is 2.13. The third-order valence-electron chi connectivity index (χ3n) is 3.10. The van der Waals surface area contributed by atoms with E-state index in [4.69, 9.17) is 0 Å². The molecular formula is C17H21N3O. The van der Waals surface area contributed by atoms with Gasteiger partial charge < -0.3 is 10.6 Å². The molecular weight excluding hydrogens is 262 g/mol. The Morgan fingerprint density at radius 1 is 1.10 bits per heavy atom. The fourth-order valence-corrected chi connectivity index (χ4v) is 2.07. The lowest BCUT2D eigenvalue weighted by atomic mass is 10.1. The van der Waals surface area contributed by atoms with Gasteiger partial charge in [0, 0.05) is 17.9 Å². The van der Waals surface area contributed by atoms with Crippen LogP contribution in [-0.4, -0.2) is 16.9 Å². The molecule has 0 fully saturated rings. The second kappa shape index (κ2) is 6.88. The van der Waals surface area contributed by atoms with Crippen molar-refractivity contribution < 1.29 is 4.79 Å². The van der Waals surface area contributed by atoms with Crippen LogP contribution in [0.15, 0.2) is 48.7 Å². The maximum absolute atomic E-state index is 12.3. The van der Waals surface area contributed by atoms with Crippen LogP contribution in [0.25, 0.3) is 0 Å². The summed E-state index contributed by atoms with van der Waals surface area (Å²) in [5.41, 5.74) is 2.39. The molecule has 1 heterocycles. The summed E-state index contributed by atoms with van der Waals surface area (Å²) >= 11 is 0. The Bertz CT molecular complexity index is 596. The molecule has 1 unspecified atom stereocenters. The Morgan fingerprint density at radius 3 is 2.48 bits per heavy atom. The number of pyridine rings is 1. The fraction of sp³-hybridized carbons (Fsp3) is 0.294. The predicted octanol–water partition coefficient (Wildman–Crippen LogP) is 3.39. The van der Waals surface area contributed by atoms with Gasteiger partial charge in [0.2, 0.25) is 0 Å². The van der Waals surface area contributed by atoms with E-state index in [2.05, 4.69) is 29.5 Å². The zero-order chi connectivity index (χ0) is 15.2. The Hall–Kier alpha value is -2.36. The summed E-state index contributed by atoms with van der Waals surface area (Å²) in [5, 5.41) is 6.23. The van der Waals surface area contributed by atoms with E-state index in [1.165, 1.54) is 0 Å². The zero-order valence-electron chi connectivity index (χ0n) is 12.6. The Labute approximate surface area is 125 Å². The standard InChI is InChI=1S/C17H21N3O/c1-12(2)19-15-9-10-18-16(11-15)17(21)20-13(3)14-7-5-4-6-8-14/h4-13H,1-3H3,(H,18,19)(H,20,21). The molecule has 1 atom stereocenters.